The first-order valence-electron chi connectivity index (χ1n) is 7.30. The lowest BCUT2D eigenvalue weighted by molar-refractivity contribution is -0.143. The minimum absolute atomic E-state index is 0.309. The molecule has 3 rings (SSSR count). The van der Waals surface area contributed by atoms with Crippen LogP contribution in [0.15, 0.2) is 29.2 Å². The van der Waals surface area contributed by atoms with Crippen LogP contribution in [0.4, 0.5) is 4.79 Å². The van der Waals surface area contributed by atoms with Gasteiger partial charge in [0.2, 0.25) is 0 Å². The van der Waals surface area contributed by atoms with Gasteiger partial charge in [0.1, 0.15) is 6.54 Å². The molecule has 1 fully saturated rings. The van der Waals surface area contributed by atoms with Crippen molar-refractivity contribution >= 4 is 45.9 Å². The molecule has 24 heavy (non-hydrogen) atoms. The summed E-state index contributed by atoms with van der Waals surface area (Å²) in [4.78, 5) is 37.0. The molecule has 0 spiro atoms. The Hall–Kier alpha value is -2.54. The van der Waals surface area contributed by atoms with Crippen LogP contribution in [0.2, 0.25) is 0 Å². The highest BCUT2D eigenvalue weighted by molar-refractivity contribution is 8.18. The Kier molecular flexibility index (Phi) is 4.19. The van der Waals surface area contributed by atoms with Crippen molar-refractivity contribution in [3.8, 4) is 0 Å². The fourth-order valence-corrected chi connectivity index (χ4v) is 3.51. The van der Waals surface area contributed by atoms with E-state index in [4.69, 9.17) is 0 Å². The van der Waals surface area contributed by atoms with Crippen molar-refractivity contribution in [2.75, 3.05) is 13.7 Å². The molecule has 0 atom stereocenters. The van der Waals surface area contributed by atoms with E-state index in [0.29, 0.717) is 4.91 Å². The number of para-hydroxylation sites is 1. The predicted molar refractivity (Wildman–Crippen MR) is 92.3 cm³/mol. The normalized spacial score (nSPS) is 16.5. The largest absolute Gasteiger partial charge is 0.468 e. The Morgan fingerprint density at radius 3 is 2.71 bits per heavy atom. The van der Waals surface area contributed by atoms with Crippen molar-refractivity contribution in [2.24, 2.45) is 7.05 Å². The van der Waals surface area contributed by atoms with Crippen LogP contribution in [0.3, 0.4) is 0 Å². The van der Waals surface area contributed by atoms with E-state index in [9.17, 15) is 14.4 Å². The summed E-state index contributed by atoms with van der Waals surface area (Å²) in [5, 5.41) is 0.548. The fraction of sp³-hybridized carbons (Fsp3) is 0.235. The molecule has 2 amide bonds. The lowest BCUT2D eigenvalue weighted by atomic mass is 10.1. The average molecular weight is 344 g/mol. The lowest BCUT2D eigenvalue weighted by Gasteiger charge is -2.09. The SMILES string of the molecule is COC(=O)CN1C(=O)S/C(=C\c2c(C)n(C)c3ccccc23)C1=O. The number of carbonyl (C=O) groups excluding carboxylic acids is 3. The molecule has 0 unspecified atom stereocenters. The van der Waals surface area contributed by atoms with Crippen molar-refractivity contribution in [1.82, 2.24) is 9.47 Å². The van der Waals surface area contributed by atoms with E-state index in [0.717, 1.165) is 38.8 Å². The van der Waals surface area contributed by atoms with E-state index in [1.807, 2.05) is 42.8 Å². The number of thioether (sulfide) groups is 1. The van der Waals surface area contributed by atoms with Crippen LogP contribution < -0.4 is 0 Å². The van der Waals surface area contributed by atoms with Crippen molar-refractivity contribution < 1.29 is 19.1 Å². The summed E-state index contributed by atoms with van der Waals surface area (Å²) < 4.78 is 6.57. The number of esters is 1. The second-order valence-electron chi connectivity index (χ2n) is 5.42. The Morgan fingerprint density at radius 1 is 1.29 bits per heavy atom. The van der Waals surface area contributed by atoms with E-state index in [2.05, 4.69) is 4.74 Å². The maximum Gasteiger partial charge on any atom is 0.325 e. The van der Waals surface area contributed by atoms with E-state index >= 15 is 0 Å². The maximum absolute atomic E-state index is 12.4. The van der Waals surface area contributed by atoms with Gasteiger partial charge in [0.15, 0.2) is 0 Å². The van der Waals surface area contributed by atoms with Crippen molar-refractivity contribution in [2.45, 2.75) is 6.92 Å². The number of benzene rings is 1. The number of methoxy groups -OCH3 is 1. The van der Waals surface area contributed by atoms with E-state index < -0.39 is 17.1 Å². The van der Waals surface area contributed by atoms with Gasteiger partial charge in [-0.3, -0.25) is 19.3 Å². The zero-order valence-electron chi connectivity index (χ0n) is 13.5. The van der Waals surface area contributed by atoms with Crippen LogP contribution in [0.1, 0.15) is 11.3 Å². The summed E-state index contributed by atoms with van der Waals surface area (Å²) in [6.45, 7) is 1.59. The third kappa shape index (κ3) is 2.60. The van der Waals surface area contributed by atoms with Crippen LogP contribution in [-0.4, -0.2) is 40.2 Å². The van der Waals surface area contributed by atoms with Gasteiger partial charge in [-0.25, -0.2) is 0 Å². The molecule has 1 aromatic heterocycles. The molecular weight excluding hydrogens is 328 g/mol. The number of hydrogen-bond donors (Lipinski definition) is 0. The molecule has 0 N–H and O–H groups in total. The molecule has 1 aliphatic heterocycles. The van der Waals surface area contributed by atoms with Crippen LogP contribution in [-0.2, 0) is 21.4 Å². The van der Waals surface area contributed by atoms with Gasteiger partial charge in [-0.15, -0.1) is 0 Å². The zero-order chi connectivity index (χ0) is 17.4. The zero-order valence-corrected chi connectivity index (χ0v) is 14.3. The number of aryl methyl sites for hydroxylation is 1. The minimum Gasteiger partial charge on any atom is -0.468 e. The van der Waals surface area contributed by atoms with Gasteiger partial charge < -0.3 is 9.30 Å². The molecule has 124 valence electrons. The number of amides is 2. The van der Waals surface area contributed by atoms with Crippen LogP contribution in [0.5, 0.6) is 0 Å². The Labute approximate surface area is 143 Å². The molecule has 2 heterocycles. The number of fused-ring (bicyclic) bond motifs is 1. The summed E-state index contributed by atoms with van der Waals surface area (Å²) >= 11 is 0.837. The predicted octanol–water partition coefficient (Wildman–Crippen LogP) is 2.70. The number of ether oxygens (including phenoxy) is 1. The first-order chi connectivity index (χ1) is 11.4. The van der Waals surface area contributed by atoms with Gasteiger partial charge >= 0.3 is 5.97 Å². The molecule has 0 radical (unpaired) electrons. The average Bonchev–Trinajstić information content (AvgIpc) is 2.98. The number of aromatic nitrogens is 1. The molecule has 6 nitrogen and oxygen atoms in total. The molecular formula is C17H16N2O4S. The molecule has 7 heteroatoms. The minimum atomic E-state index is -0.625. The summed E-state index contributed by atoms with van der Waals surface area (Å²) in [7, 11) is 3.18. The van der Waals surface area contributed by atoms with Gasteiger partial charge in [0, 0.05) is 29.2 Å². The molecule has 0 bridgehead atoms. The standard InChI is InChI=1S/C17H16N2O4S/c1-10-12(11-6-4-5-7-13(11)18(10)2)8-14-16(21)19(17(22)24-14)9-15(20)23-3/h4-8H,9H2,1-3H3/b14-8-. The molecule has 1 saturated heterocycles. The quantitative estimate of drug-likeness (QED) is 0.632. The Balaban J connectivity index is 2.01. The van der Waals surface area contributed by atoms with Crippen LogP contribution in [0, 0.1) is 6.92 Å². The van der Waals surface area contributed by atoms with E-state index in [1.54, 1.807) is 6.08 Å². The van der Waals surface area contributed by atoms with Gasteiger partial charge in [-0.2, -0.15) is 0 Å². The number of hydrogen-bond acceptors (Lipinski definition) is 5. The summed E-state index contributed by atoms with van der Waals surface area (Å²) in [6.07, 6.45) is 1.72. The fourth-order valence-electron chi connectivity index (χ4n) is 2.69. The van der Waals surface area contributed by atoms with E-state index in [1.165, 1.54) is 7.11 Å². The molecule has 0 saturated carbocycles. The second-order valence-corrected chi connectivity index (χ2v) is 6.41. The maximum atomic E-state index is 12.4. The lowest BCUT2D eigenvalue weighted by Crippen LogP contribution is -2.34. The Bertz CT molecular complexity index is 897. The third-order valence-corrected chi connectivity index (χ3v) is 5.02. The van der Waals surface area contributed by atoms with E-state index in [-0.39, 0.29) is 6.54 Å². The second kappa shape index (κ2) is 6.16. The van der Waals surface area contributed by atoms with Gasteiger partial charge in [0.25, 0.3) is 11.1 Å². The number of imide groups is 1. The highest BCUT2D eigenvalue weighted by Gasteiger charge is 2.36. The van der Waals surface area contributed by atoms with Crippen molar-refractivity contribution in [3.05, 3.63) is 40.4 Å². The van der Waals surface area contributed by atoms with Gasteiger partial charge in [0.05, 0.1) is 12.0 Å². The summed E-state index contributed by atoms with van der Waals surface area (Å²) in [5.74, 6) is -1.09. The molecule has 0 aliphatic carbocycles. The topological polar surface area (TPSA) is 68.6 Å². The first-order valence-corrected chi connectivity index (χ1v) is 8.12. The monoisotopic (exact) mass is 344 g/mol. The van der Waals surface area contributed by atoms with Crippen molar-refractivity contribution in [3.63, 3.8) is 0 Å². The smallest absolute Gasteiger partial charge is 0.325 e. The number of rotatable bonds is 3. The molecule has 1 aromatic carbocycles. The van der Waals surface area contributed by atoms with Gasteiger partial charge in [-0.05, 0) is 30.8 Å². The van der Waals surface area contributed by atoms with Crippen molar-refractivity contribution in [1.29, 1.82) is 0 Å². The first kappa shape index (κ1) is 16.3. The molecule has 1 aliphatic rings. The molecule has 2 aromatic rings. The number of nitrogens with zero attached hydrogens (tertiary/aromatic N) is 2. The van der Waals surface area contributed by atoms with Gasteiger partial charge in [-0.1, -0.05) is 18.2 Å². The highest BCUT2D eigenvalue weighted by Crippen LogP contribution is 2.35. The highest BCUT2D eigenvalue weighted by atomic mass is 32.2. The van der Waals surface area contributed by atoms with Crippen LogP contribution >= 0.6 is 11.8 Å². The third-order valence-electron chi connectivity index (χ3n) is 4.11. The van der Waals surface area contributed by atoms with Crippen LogP contribution in [0.25, 0.3) is 17.0 Å². The summed E-state index contributed by atoms with van der Waals surface area (Å²) in [6, 6.07) is 7.87. The number of carbonyl (C=O) groups is 3. The Morgan fingerprint density at radius 2 is 2.00 bits per heavy atom. The summed E-state index contributed by atoms with van der Waals surface area (Å²) in [5.41, 5.74) is 2.95.